The van der Waals surface area contributed by atoms with E-state index in [-0.39, 0.29) is 17.7 Å². The summed E-state index contributed by atoms with van der Waals surface area (Å²) in [5.74, 6) is 1.67. The minimum absolute atomic E-state index is 0.0886. The van der Waals surface area contributed by atoms with Crippen molar-refractivity contribution >= 4 is 23.4 Å². The fourth-order valence-corrected chi connectivity index (χ4v) is 5.15. The molecule has 6 rings (SSSR count). The van der Waals surface area contributed by atoms with Crippen LogP contribution in [0.15, 0.2) is 81.9 Å². The minimum Gasteiger partial charge on any atom is -0.467 e. The van der Waals surface area contributed by atoms with E-state index >= 15 is 0 Å². The molecule has 0 radical (unpaired) electrons. The van der Waals surface area contributed by atoms with E-state index in [1.807, 2.05) is 24.3 Å². The molecule has 2 aliphatic rings. The number of hydrazone groups is 1. The number of aryl methyl sites for hydroxylation is 1. The third-order valence-corrected chi connectivity index (χ3v) is 7.19. The van der Waals surface area contributed by atoms with Crippen LogP contribution in [0.4, 0.5) is 0 Å². The maximum atomic E-state index is 13.4. The summed E-state index contributed by atoms with van der Waals surface area (Å²) in [7, 11) is 0. The number of hydrogen-bond donors (Lipinski definition) is 0. The molecule has 1 saturated carbocycles. The average molecular weight is 485 g/mol. The van der Waals surface area contributed by atoms with Gasteiger partial charge in [0.2, 0.25) is 0 Å². The van der Waals surface area contributed by atoms with Crippen molar-refractivity contribution in [3.05, 3.63) is 84.1 Å². The maximum Gasteiger partial charge on any atom is 0.253 e. The molecule has 1 aromatic carbocycles. The minimum atomic E-state index is -0.261. The molecular weight excluding hydrogens is 460 g/mol. The van der Waals surface area contributed by atoms with Gasteiger partial charge in [0.15, 0.2) is 11.0 Å². The van der Waals surface area contributed by atoms with Gasteiger partial charge in [-0.2, -0.15) is 5.10 Å². The summed E-state index contributed by atoms with van der Waals surface area (Å²) < 4.78 is 7.82. The van der Waals surface area contributed by atoms with Gasteiger partial charge in [-0.3, -0.25) is 14.3 Å². The van der Waals surface area contributed by atoms with Crippen molar-refractivity contribution < 1.29 is 9.21 Å². The van der Waals surface area contributed by atoms with Crippen LogP contribution in [-0.4, -0.2) is 42.1 Å². The van der Waals surface area contributed by atoms with Gasteiger partial charge in [-0.05, 0) is 49.6 Å². The summed E-state index contributed by atoms with van der Waals surface area (Å²) in [6.07, 6.45) is 7.93. The number of benzene rings is 1. The predicted octanol–water partition coefficient (Wildman–Crippen LogP) is 5.05. The van der Waals surface area contributed by atoms with E-state index in [2.05, 4.69) is 50.9 Å². The molecule has 0 bridgehead atoms. The molecule has 0 saturated heterocycles. The average Bonchev–Trinajstić information content (AvgIpc) is 3.28. The number of nitrogens with zero attached hydrogens (tertiary/aromatic N) is 6. The van der Waals surface area contributed by atoms with Crippen LogP contribution in [0.25, 0.3) is 11.4 Å². The molecule has 1 unspecified atom stereocenters. The highest BCUT2D eigenvalue weighted by Crippen LogP contribution is 2.41. The lowest BCUT2D eigenvalue weighted by atomic mass is 10.0. The van der Waals surface area contributed by atoms with Crippen LogP contribution in [0.5, 0.6) is 0 Å². The van der Waals surface area contributed by atoms with Crippen molar-refractivity contribution in [3.8, 4) is 11.4 Å². The summed E-state index contributed by atoms with van der Waals surface area (Å²) in [6.45, 7) is 2.05. The van der Waals surface area contributed by atoms with Crippen molar-refractivity contribution in [2.45, 2.75) is 43.4 Å². The Morgan fingerprint density at radius 2 is 1.86 bits per heavy atom. The molecule has 1 atom stereocenters. The van der Waals surface area contributed by atoms with Gasteiger partial charge in [0.05, 0.1) is 17.7 Å². The number of carbonyl (C=O) groups is 1. The molecule has 1 amide bonds. The summed E-state index contributed by atoms with van der Waals surface area (Å²) >= 11 is 1.41. The molecule has 0 N–H and O–H groups in total. The van der Waals surface area contributed by atoms with Crippen LogP contribution in [0, 0.1) is 6.92 Å². The van der Waals surface area contributed by atoms with Gasteiger partial charge in [0.1, 0.15) is 11.8 Å². The zero-order chi connectivity index (χ0) is 23.8. The van der Waals surface area contributed by atoms with E-state index < -0.39 is 0 Å². The van der Waals surface area contributed by atoms with E-state index in [1.165, 1.54) is 17.3 Å². The van der Waals surface area contributed by atoms with E-state index in [0.29, 0.717) is 12.5 Å². The zero-order valence-corrected chi connectivity index (χ0v) is 20.1. The lowest BCUT2D eigenvalue weighted by Crippen LogP contribution is -2.28. The number of pyridine rings is 1. The lowest BCUT2D eigenvalue weighted by molar-refractivity contribution is -0.130. The number of carbonyl (C=O) groups excluding carboxylic acids is 1. The number of rotatable bonds is 7. The Labute approximate surface area is 207 Å². The molecule has 1 aliphatic heterocycles. The van der Waals surface area contributed by atoms with Crippen molar-refractivity contribution in [2.75, 3.05) is 5.75 Å². The highest BCUT2D eigenvalue weighted by atomic mass is 32.2. The smallest absolute Gasteiger partial charge is 0.253 e. The first-order valence-corrected chi connectivity index (χ1v) is 12.6. The number of furan rings is 1. The van der Waals surface area contributed by atoms with Crippen LogP contribution in [0.2, 0.25) is 0 Å². The van der Waals surface area contributed by atoms with Gasteiger partial charge in [-0.15, -0.1) is 10.2 Å². The Kier molecular flexibility index (Phi) is 5.69. The number of thioether (sulfide) groups is 1. The summed E-state index contributed by atoms with van der Waals surface area (Å²) in [5, 5.41) is 15.9. The monoisotopic (exact) mass is 484 g/mol. The normalized spacial score (nSPS) is 17.6. The van der Waals surface area contributed by atoms with Crippen LogP contribution >= 0.6 is 11.8 Å². The zero-order valence-electron chi connectivity index (χ0n) is 19.2. The quantitative estimate of drug-likeness (QED) is 0.341. The number of aromatic nitrogens is 4. The molecule has 176 valence electrons. The van der Waals surface area contributed by atoms with Crippen molar-refractivity contribution in [3.63, 3.8) is 0 Å². The second-order valence-electron chi connectivity index (χ2n) is 8.82. The Morgan fingerprint density at radius 1 is 1.06 bits per heavy atom. The highest BCUT2D eigenvalue weighted by Gasteiger charge is 2.36. The molecule has 4 heterocycles. The SMILES string of the molecule is Cc1ccc(C2=NN(C(=O)CSc3nnc(-c4ccncc4)n3C3CC3)C(c3ccco3)C2)cc1. The molecular formula is C26H24N6O2S. The first kappa shape index (κ1) is 21.8. The largest absolute Gasteiger partial charge is 0.467 e. The predicted molar refractivity (Wildman–Crippen MR) is 133 cm³/mol. The second kappa shape index (κ2) is 9.14. The third kappa shape index (κ3) is 4.39. The number of amides is 1. The van der Waals surface area contributed by atoms with Crippen LogP contribution in [0.3, 0.4) is 0 Å². The van der Waals surface area contributed by atoms with E-state index in [4.69, 9.17) is 9.52 Å². The molecule has 1 fully saturated rings. The highest BCUT2D eigenvalue weighted by molar-refractivity contribution is 7.99. The lowest BCUT2D eigenvalue weighted by Gasteiger charge is -2.19. The van der Waals surface area contributed by atoms with E-state index in [1.54, 1.807) is 23.7 Å². The van der Waals surface area contributed by atoms with E-state index in [9.17, 15) is 4.79 Å². The first-order valence-electron chi connectivity index (χ1n) is 11.7. The first-order chi connectivity index (χ1) is 17.2. The van der Waals surface area contributed by atoms with Crippen LogP contribution in [0.1, 0.15) is 48.2 Å². The fourth-order valence-electron chi connectivity index (χ4n) is 4.29. The van der Waals surface area contributed by atoms with Gasteiger partial charge in [-0.25, -0.2) is 5.01 Å². The molecule has 35 heavy (non-hydrogen) atoms. The Balaban J connectivity index is 1.24. The van der Waals surface area contributed by atoms with Gasteiger partial charge in [0.25, 0.3) is 5.91 Å². The third-order valence-electron chi connectivity index (χ3n) is 6.26. The Morgan fingerprint density at radius 3 is 2.57 bits per heavy atom. The molecule has 0 spiro atoms. The van der Waals surface area contributed by atoms with Crippen LogP contribution < -0.4 is 0 Å². The van der Waals surface area contributed by atoms with Crippen molar-refractivity contribution in [1.29, 1.82) is 0 Å². The Bertz CT molecular complexity index is 1360. The summed E-state index contributed by atoms with van der Waals surface area (Å²) in [5.41, 5.74) is 4.06. The molecule has 3 aromatic heterocycles. The van der Waals surface area contributed by atoms with Gasteiger partial charge in [-0.1, -0.05) is 41.6 Å². The topological polar surface area (TPSA) is 89.4 Å². The molecule has 9 heteroatoms. The maximum absolute atomic E-state index is 13.4. The van der Waals surface area contributed by atoms with Crippen molar-refractivity contribution in [1.82, 2.24) is 24.8 Å². The van der Waals surface area contributed by atoms with Crippen molar-refractivity contribution in [2.24, 2.45) is 5.10 Å². The standard InChI is InChI=1S/C26H24N6O2S/c1-17-4-6-18(7-5-17)21-15-22(23-3-2-14-34-23)32(30-21)24(33)16-35-26-29-28-25(31(26)20-8-9-20)19-10-12-27-13-11-19/h2-7,10-14,20,22H,8-9,15-16H2,1H3. The number of hydrogen-bond acceptors (Lipinski definition) is 7. The van der Waals surface area contributed by atoms with Gasteiger partial charge >= 0.3 is 0 Å². The summed E-state index contributed by atoms with van der Waals surface area (Å²) in [6, 6.07) is 15.9. The summed E-state index contributed by atoms with van der Waals surface area (Å²) in [4.78, 5) is 17.5. The fraction of sp³-hybridized carbons (Fsp3) is 0.269. The molecule has 4 aromatic rings. The molecule has 8 nitrogen and oxygen atoms in total. The second-order valence-corrected chi connectivity index (χ2v) is 9.76. The van der Waals surface area contributed by atoms with Gasteiger partial charge < -0.3 is 4.42 Å². The Hall–Kier alpha value is -3.72. The van der Waals surface area contributed by atoms with Crippen LogP contribution in [-0.2, 0) is 4.79 Å². The molecule has 1 aliphatic carbocycles. The van der Waals surface area contributed by atoms with E-state index in [0.717, 1.165) is 46.4 Å². The van der Waals surface area contributed by atoms with Gasteiger partial charge in [0, 0.05) is 30.4 Å².